The van der Waals surface area contributed by atoms with Crippen LogP contribution in [0.15, 0.2) is 12.7 Å². The van der Waals surface area contributed by atoms with Crippen molar-refractivity contribution in [2.75, 3.05) is 0 Å². The summed E-state index contributed by atoms with van der Waals surface area (Å²) in [6.07, 6.45) is 7.01. The number of carbonyl (C=O) groups is 1. The van der Waals surface area contributed by atoms with E-state index in [9.17, 15) is 10.1 Å². The van der Waals surface area contributed by atoms with Crippen molar-refractivity contribution in [1.29, 1.82) is 5.26 Å². The third-order valence-electron chi connectivity index (χ3n) is 9.45. The maximum atomic E-state index is 13.3. The van der Waals surface area contributed by atoms with Crippen LogP contribution in [0.25, 0.3) is 0 Å². The quantitative estimate of drug-likeness (QED) is 0.323. The SMILES string of the molecule is C=CCC[C@@]12CC[C@@H](C)[C@@]3(C#N)C[C@@H]1C(=O)C[C@@]23O[Si](C(C)C)(C(C)C)C(C)C. The normalized spacial score (nSPS) is 38.9. The Balaban J connectivity index is 2.27. The first-order valence-electron chi connectivity index (χ1n) is 11.8. The first-order valence-corrected chi connectivity index (χ1v) is 13.9. The summed E-state index contributed by atoms with van der Waals surface area (Å²) in [6.45, 7) is 20.0. The molecule has 0 saturated heterocycles. The van der Waals surface area contributed by atoms with Gasteiger partial charge in [0, 0.05) is 17.8 Å². The number of ketones is 1. The van der Waals surface area contributed by atoms with Crippen molar-refractivity contribution < 1.29 is 9.22 Å². The van der Waals surface area contributed by atoms with Gasteiger partial charge in [0.05, 0.1) is 17.1 Å². The first kappa shape index (κ1) is 22.8. The summed E-state index contributed by atoms with van der Waals surface area (Å²) in [5, 5.41) is 10.6. The average Bonchev–Trinajstić information content (AvgIpc) is 2.95. The summed E-state index contributed by atoms with van der Waals surface area (Å²) in [4.78, 5) is 13.3. The molecule has 0 aliphatic heterocycles. The highest BCUT2D eigenvalue weighted by Crippen LogP contribution is 2.77. The van der Waals surface area contributed by atoms with Gasteiger partial charge in [0.25, 0.3) is 0 Å². The third-order valence-corrected chi connectivity index (χ3v) is 15.6. The van der Waals surface area contributed by atoms with Gasteiger partial charge in [0.2, 0.25) is 8.32 Å². The van der Waals surface area contributed by atoms with Crippen molar-refractivity contribution in [2.45, 2.75) is 109 Å². The number of carbonyl (C=O) groups excluding carboxylic acids is 1. The van der Waals surface area contributed by atoms with Gasteiger partial charge < -0.3 is 4.43 Å². The molecule has 0 spiro atoms. The molecule has 0 aromatic heterocycles. The predicted octanol–water partition coefficient (Wildman–Crippen LogP) is 6.80. The molecule has 3 fully saturated rings. The minimum absolute atomic E-state index is 0.00904. The summed E-state index contributed by atoms with van der Waals surface area (Å²) >= 11 is 0. The second-order valence-corrected chi connectivity index (χ2v) is 16.5. The van der Waals surface area contributed by atoms with Crippen molar-refractivity contribution in [2.24, 2.45) is 22.7 Å². The molecule has 5 atom stereocenters. The van der Waals surface area contributed by atoms with Gasteiger partial charge in [-0.3, -0.25) is 4.79 Å². The van der Waals surface area contributed by atoms with E-state index in [1.165, 1.54) is 0 Å². The molecule has 0 radical (unpaired) electrons. The molecule has 29 heavy (non-hydrogen) atoms. The Morgan fingerprint density at radius 3 is 2.31 bits per heavy atom. The van der Waals surface area contributed by atoms with E-state index in [4.69, 9.17) is 4.43 Å². The smallest absolute Gasteiger partial charge is 0.201 e. The van der Waals surface area contributed by atoms with Gasteiger partial charge in [-0.15, -0.1) is 6.58 Å². The summed E-state index contributed by atoms with van der Waals surface area (Å²) < 4.78 is 7.63. The Morgan fingerprint density at radius 1 is 1.24 bits per heavy atom. The van der Waals surface area contributed by atoms with Crippen LogP contribution in [0.2, 0.25) is 16.6 Å². The van der Waals surface area contributed by atoms with E-state index in [1.807, 2.05) is 6.08 Å². The highest BCUT2D eigenvalue weighted by atomic mass is 28.4. The zero-order valence-electron chi connectivity index (χ0n) is 19.7. The minimum Gasteiger partial charge on any atom is -0.408 e. The summed E-state index contributed by atoms with van der Waals surface area (Å²) in [5.41, 5.74) is 0.00115. The predicted molar refractivity (Wildman–Crippen MR) is 121 cm³/mol. The summed E-state index contributed by atoms with van der Waals surface area (Å²) in [5.74, 6) is 0.624. The van der Waals surface area contributed by atoms with Gasteiger partial charge >= 0.3 is 0 Å². The number of nitriles is 1. The maximum absolute atomic E-state index is 13.3. The molecule has 0 amide bonds. The summed E-state index contributed by atoms with van der Waals surface area (Å²) in [6, 6.07) is 2.81. The molecule has 0 aromatic carbocycles. The number of hydrogen-bond acceptors (Lipinski definition) is 3. The largest absolute Gasteiger partial charge is 0.408 e. The van der Waals surface area contributed by atoms with E-state index in [1.54, 1.807) is 0 Å². The zero-order valence-corrected chi connectivity index (χ0v) is 20.7. The van der Waals surface area contributed by atoms with Crippen LogP contribution in [0.3, 0.4) is 0 Å². The number of rotatable bonds is 8. The molecule has 0 unspecified atom stereocenters. The molecule has 3 aliphatic rings. The fourth-order valence-electron chi connectivity index (χ4n) is 8.22. The molecule has 3 nitrogen and oxygen atoms in total. The fraction of sp³-hybridized carbons (Fsp3) is 0.840. The monoisotopic (exact) mass is 415 g/mol. The van der Waals surface area contributed by atoms with Crippen LogP contribution in [0, 0.1) is 34.0 Å². The lowest BCUT2D eigenvalue weighted by Gasteiger charge is -2.60. The van der Waals surface area contributed by atoms with Gasteiger partial charge in [-0.2, -0.15) is 5.26 Å². The fourth-order valence-corrected chi connectivity index (χ4v) is 14.0. The molecule has 3 aliphatic carbocycles. The lowest BCUT2D eigenvalue weighted by molar-refractivity contribution is -0.148. The van der Waals surface area contributed by atoms with E-state index in [2.05, 4.69) is 61.1 Å². The van der Waals surface area contributed by atoms with Gasteiger partial charge in [0.15, 0.2) is 0 Å². The van der Waals surface area contributed by atoms with E-state index >= 15 is 0 Å². The number of hydrogen-bond donors (Lipinski definition) is 0. The Labute approximate surface area is 179 Å². The highest BCUT2D eigenvalue weighted by molar-refractivity contribution is 6.77. The van der Waals surface area contributed by atoms with Crippen LogP contribution in [-0.2, 0) is 9.22 Å². The lowest BCUT2D eigenvalue weighted by Crippen LogP contribution is -2.66. The number of allylic oxidation sites excluding steroid dienone is 1. The van der Waals surface area contributed by atoms with Crippen molar-refractivity contribution >= 4 is 14.1 Å². The highest BCUT2D eigenvalue weighted by Gasteiger charge is 2.82. The lowest BCUT2D eigenvalue weighted by atomic mass is 9.53. The topological polar surface area (TPSA) is 50.1 Å². The van der Waals surface area contributed by atoms with Crippen LogP contribution in [0.5, 0.6) is 0 Å². The standard InChI is InChI=1S/C25H41NO2Si/c1-9-10-12-23-13-11-20(8)24(16-26)14-21(23)22(27)15-25(23,24)28-29(17(2)3,18(4)5)19(6)7/h9,17-21H,1,10-15H2,2-8H3/t20-,21-,23-,24+,25-/m1/s1. The number of Topliss-reactive ketones (excluding diaryl/α,β-unsaturated/α-hetero) is 1. The summed E-state index contributed by atoms with van der Waals surface area (Å²) in [7, 11) is -2.26. The second-order valence-electron chi connectivity index (χ2n) is 11.2. The van der Waals surface area contributed by atoms with Gasteiger partial charge in [0.1, 0.15) is 5.78 Å². The van der Waals surface area contributed by atoms with E-state index in [0.717, 1.165) is 25.7 Å². The van der Waals surface area contributed by atoms with E-state index in [-0.39, 0.29) is 17.3 Å². The molecule has 0 heterocycles. The molecule has 4 heteroatoms. The average molecular weight is 416 g/mol. The third kappa shape index (κ3) is 2.59. The Kier molecular flexibility index (Phi) is 5.76. The molecule has 3 rings (SSSR count). The van der Waals surface area contributed by atoms with Gasteiger partial charge in [-0.25, -0.2) is 0 Å². The van der Waals surface area contributed by atoms with E-state index in [0.29, 0.717) is 35.2 Å². The van der Waals surface area contributed by atoms with Gasteiger partial charge in [-0.1, -0.05) is 54.5 Å². The zero-order chi connectivity index (χ0) is 21.8. The second kappa shape index (κ2) is 7.34. The van der Waals surface area contributed by atoms with Crippen LogP contribution in [-0.4, -0.2) is 19.7 Å². The van der Waals surface area contributed by atoms with Crippen LogP contribution in [0.1, 0.15) is 87.0 Å². The molecule has 4 bridgehead atoms. The molecule has 3 saturated carbocycles. The maximum Gasteiger partial charge on any atom is 0.201 e. The Morgan fingerprint density at radius 2 is 1.83 bits per heavy atom. The van der Waals surface area contributed by atoms with Gasteiger partial charge in [-0.05, 0) is 54.6 Å². The molecular weight excluding hydrogens is 374 g/mol. The number of nitrogens with zero attached hydrogens (tertiary/aromatic N) is 1. The van der Waals surface area contributed by atoms with E-state index < -0.39 is 19.3 Å². The molecule has 0 aromatic rings. The van der Waals surface area contributed by atoms with Crippen LogP contribution >= 0.6 is 0 Å². The molecule has 162 valence electrons. The van der Waals surface area contributed by atoms with Crippen LogP contribution in [0.4, 0.5) is 0 Å². The minimum atomic E-state index is -2.26. The van der Waals surface area contributed by atoms with Crippen molar-refractivity contribution in [3.63, 3.8) is 0 Å². The van der Waals surface area contributed by atoms with Crippen LogP contribution < -0.4 is 0 Å². The molecular formula is C25H41NO2Si. The molecule has 0 N–H and O–H groups in total. The first-order chi connectivity index (χ1) is 13.5. The Hall–Kier alpha value is -0.923. The van der Waals surface area contributed by atoms with Crippen molar-refractivity contribution in [1.82, 2.24) is 0 Å². The van der Waals surface area contributed by atoms with Crippen molar-refractivity contribution in [3.05, 3.63) is 12.7 Å². The Bertz CT molecular complexity index is 701. The van der Waals surface area contributed by atoms with Crippen molar-refractivity contribution in [3.8, 4) is 6.07 Å².